The molecule has 0 unspecified atom stereocenters. The Morgan fingerprint density at radius 1 is 1.00 bits per heavy atom. The molecule has 3 nitrogen and oxygen atoms in total. The minimum Gasteiger partial charge on any atom is -0.463 e. The molecule has 0 saturated heterocycles. The maximum Gasteiger partial charge on any atom is 0.302 e. The van der Waals surface area contributed by atoms with Crippen molar-refractivity contribution in [3.05, 3.63) is 0 Å². The molecule has 190 valence electrons. The highest BCUT2D eigenvalue weighted by Gasteiger charge is 2.63. The molecule has 4 rings (SSSR count). The van der Waals surface area contributed by atoms with E-state index in [9.17, 15) is 9.90 Å². The van der Waals surface area contributed by atoms with Gasteiger partial charge in [-0.05, 0) is 110 Å². The standard InChI is InChI=1S/C30H52O3/c1-18(2)19(3)8-9-20(4)25-12-13-26-24-11-10-22-16-23(33-21(5)31)14-15-29(22,6)28(24)27(32)17-30(25,26)7/h18-20,22-28,32H,8-17H2,1-7H3/t19-,20+,22-,23+,24+,25+,26-,27+,28-,29-,30+/m0/s1. The number of hydrogen-bond donors (Lipinski definition) is 1. The van der Waals surface area contributed by atoms with Crippen LogP contribution in [0, 0.1) is 58.2 Å². The molecule has 4 saturated carbocycles. The number of hydrogen-bond acceptors (Lipinski definition) is 3. The molecule has 0 heterocycles. The second-order valence-electron chi connectivity index (χ2n) is 13.8. The lowest BCUT2D eigenvalue weighted by Crippen LogP contribution is -2.59. The summed E-state index contributed by atoms with van der Waals surface area (Å²) >= 11 is 0. The quantitative estimate of drug-likeness (QED) is 0.424. The number of aliphatic hydroxyl groups is 1. The zero-order valence-corrected chi connectivity index (χ0v) is 22.6. The molecule has 4 aliphatic rings. The van der Waals surface area contributed by atoms with Crippen LogP contribution in [-0.4, -0.2) is 23.3 Å². The Morgan fingerprint density at radius 2 is 1.73 bits per heavy atom. The van der Waals surface area contributed by atoms with Crippen LogP contribution in [0.2, 0.25) is 0 Å². The first kappa shape index (κ1) is 25.5. The molecule has 4 fully saturated rings. The van der Waals surface area contributed by atoms with E-state index < -0.39 is 0 Å². The van der Waals surface area contributed by atoms with Crippen LogP contribution in [0.3, 0.4) is 0 Å². The molecule has 0 amide bonds. The largest absolute Gasteiger partial charge is 0.463 e. The molecule has 0 radical (unpaired) electrons. The Balaban J connectivity index is 1.48. The topological polar surface area (TPSA) is 46.5 Å². The van der Waals surface area contributed by atoms with Gasteiger partial charge in [-0.15, -0.1) is 0 Å². The van der Waals surface area contributed by atoms with Crippen LogP contribution in [0.5, 0.6) is 0 Å². The molecule has 3 heteroatoms. The van der Waals surface area contributed by atoms with Gasteiger partial charge in [0.25, 0.3) is 0 Å². The fourth-order valence-corrected chi connectivity index (χ4v) is 9.72. The van der Waals surface area contributed by atoms with E-state index >= 15 is 0 Å². The third-order valence-corrected chi connectivity index (χ3v) is 11.9. The van der Waals surface area contributed by atoms with Gasteiger partial charge in [0.1, 0.15) is 6.10 Å². The van der Waals surface area contributed by atoms with Crippen LogP contribution >= 0.6 is 0 Å². The van der Waals surface area contributed by atoms with Crippen molar-refractivity contribution in [3.8, 4) is 0 Å². The average molecular weight is 461 g/mol. The molecule has 0 bridgehead atoms. The second kappa shape index (κ2) is 9.47. The van der Waals surface area contributed by atoms with Gasteiger partial charge in [0.05, 0.1) is 6.10 Å². The molecule has 4 aliphatic carbocycles. The van der Waals surface area contributed by atoms with Crippen molar-refractivity contribution >= 4 is 5.97 Å². The predicted octanol–water partition coefficient (Wildman–Crippen LogP) is 7.26. The van der Waals surface area contributed by atoms with Gasteiger partial charge in [0.2, 0.25) is 0 Å². The summed E-state index contributed by atoms with van der Waals surface area (Å²) in [5.74, 6) is 5.44. The monoisotopic (exact) mass is 460 g/mol. The summed E-state index contributed by atoms with van der Waals surface area (Å²) in [5, 5.41) is 11.7. The third-order valence-electron chi connectivity index (χ3n) is 11.9. The molecule has 0 spiro atoms. The molecular weight excluding hydrogens is 408 g/mol. The number of carbonyl (C=O) groups is 1. The summed E-state index contributed by atoms with van der Waals surface area (Å²) in [6, 6.07) is 0. The van der Waals surface area contributed by atoms with E-state index in [1.807, 2.05) is 0 Å². The average Bonchev–Trinajstić information content (AvgIpc) is 3.07. The highest BCUT2D eigenvalue weighted by Crippen LogP contribution is 2.68. The number of aliphatic hydroxyl groups excluding tert-OH is 1. The Morgan fingerprint density at radius 3 is 2.39 bits per heavy atom. The van der Waals surface area contributed by atoms with Crippen LogP contribution < -0.4 is 0 Å². The summed E-state index contributed by atoms with van der Waals surface area (Å²) in [6.07, 6.45) is 11.9. The number of carbonyl (C=O) groups excluding carboxylic acids is 1. The fourth-order valence-electron chi connectivity index (χ4n) is 9.72. The molecule has 0 aliphatic heterocycles. The first-order chi connectivity index (χ1) is 15.5. The van der Waals surface area contributed by atoms with E-state index in [0.717, 1.165) is 55.3 Å². The van der Waals surface area contributed by atoms with Gasteiger partial charge >= 0.3 is 5.97 Å². The Hall–Kier alpha value is -0.570. The highest BCUT2D eigenvalue weighted by molar-refractivity contribution is 5.66. The van der Waals surface area contributed by atoms with Gasteiger partial charge in [-0.3, -0.25) is 4.79 Å². The lowest BCUT2D eigenvalue weighted by atomic mass is 9.43. The fraction of sp³-hybridized carbons (Fsp3) is 0.967. The lowest BCUT2D eigenvalue weighted by molar-refractivity contribution is -0.186. The Kier molecular flexibility index (Phi) is 7.33. The molecule has 33 heavy (non-hydrogen) atoms. The highest BCUT2D eigenvalue weighted by atomic mass is 16.5. The van der Waals surface area contributed by atoms with E-state index in [1.54, 1.807) is 0 Å². The van der Waals surface area contributed by atoms with Gasteiger partial charge in [0, 0.05) is 6.92 Å². The van der Waals surface area contributed by atoms with Crippen molar-refractivity contribution in [1.29, 1.82) is 0 Å². The lowest BCUT2D eigenvalue weighted by Gasteiger charge is -2.62. The van der Waals surface area contributed by atoms with Crippen LogP contribution in [-0.2, 0) is 9.53 Å². The Labute approximate surface area is 203 Å². The van der Waals surface area contributed by atoms with Gasteiger partial charge in [-0.2, -0.15) is 0 Å². The van der Waals surface area contributed by atoms with Gasteiger partial charge in [-0.25, -0.2) is 0 Å². The van der Waals surface area contributed by atoms with E-state index in [4.69, 9.17) is 4.74 Å². The predicted molar refractivity (Wildman–Crippen MR) is 135 cm³/mol. The summed E-state index contributed by atoms with van der Waals surface area (Å²) in [5.41, 5.74) is 0.510. The Bertz CT molecular complexity index is 703. The first-order valence-electron chi connectivity index (χ1n) is 14.3. The maximum absolute atomic E-state index is 11.7. The summed E-state index contributed by atoms with van der Waals surface area (Å²) in [6.45, 7) is 16.2. The van der Waals surface area contributed by atoms with E-state index in [2.05, 4.69) is 41.5 Å². The third kappa shape index (κ3) is 4.54. The smallest absolute Gasteiger partial charge is 0.302 e. The van der Waals surface area contributed by atoms with Crippen molar-refractivity contribution in [2.24, 2.45) is 58.2 Å². The van der Waals surface area contributed by atoms with Crippen LogP contribution in [0.1, 0.15) is 113 Å². The van der Waals surface area contributed by atoms with Crippen LogP contribution in [0.4, 0.5) is 0 Å². The summed E-state index contributed by atoms with van der Waals surface area (Å²) in [4.78, 5) is 11.5. The minimum absolute atomic E-state index is 0.0908. The van der Waals surface area contributed by atoms with Gasteiger partial charge in [0.15, 0.2) is 0 Å². The van der Waals surface area contributed by atoms with Gasteiger partial charge in [-0.1, -0.05) is 54.4 Å². The van der Waals surface area contributed by atoms with Gasteiger partial charge < -0.3 is 9.84 Å². The maximum atomic E-state index is 11.7. The molecule has 0 aromatic carbocycles. The van der Waals surface area contributed by atoms with E-state index in [0.29, 0.717) is 23.2 Å². The van der Waals surface area contributed by atoms with Crippen LogP contribution in [0.15, 0.2) is 0 Å². The zero-order valence-electron chi connectivity index (χ0n) is 22.6. The normalized spacial score (nSPS) is 46.8. The molecule has 1 N–H and O–H groups in total. The van der Waals surface area contributed by atoms with Crippen molar-refractivity contribution in [1.82, 2.24) is 0 Å². The zero-order chi connectivity index (χ0) is 24.1. The summed E-state index contributed by atoms with van der Waals surface area (Å²) in [7, 11) is 0. The van der Waals surface area contributed by atoms with Crippen molar-refractivity contribution in [3.63, 3.8) is 0 Å². The number of fused-ring (bicyclic) bond motifs is 5. The van der Waals surface area contributed by atoms with Crippen molar-refractivity contribution in [2.45, 2.75) is 125 Å². The van der Waals surface area contributed by atoms with Crippen molar-refractivity contribution in [2.75, 3.05) is 0 Å². The number of rotatable bonds is 6. The van der Waals surface area contributed by atoms with E-state index in [-0.39, 0.29) is 23.6 Å². The number of esters is 1. The molecule has 0 aromatic rings. The summed E-state index contributed by atoms with van der Waals surface area (Å²) < 4.78 is 5.63. The van der Waals surface area contributed by atoms with E-state index in [1.165, 1.54) is 45.4 Å². The SMILES string of the molecule is CC(=O)O[C@@H]1CC[C@@]2(C)[C@@H](CC[C@H]3[C@H]2[C@H](O)C[C@]2(C)[C@@H]([C@H](C)CC[C@H](C)C(C)C)CC[C@@H]32)C1. The molecule has 0 aromatic heterocycles. The van der Waals surface area contributed by atoms with Crippen LogP contribution in [0.25, 0.3) is 0 Å². The first-order valence-corrected chi connectivity index (χ1v) is 14.3. The minimum atomic E-state index is -0.170. The molecule has 11 atom stereocenters. The second-order valence-corrected chi connectivity index (χ2v) is 13.8. The number of ether oxygens (including phenoxy) is 1. The molecular formula is C30H52O3. The van der Waals surface area contributed by atoms with Crippen molar-refractivity contribution < 1.29 is 14.6 Å².